The molecule has 0 fully saturated rings. The summed E-state index contributed by atoms with van der Waals surface area (Å²) >= 11 is 1.83. The van der Waals surface area contributed by atoms with E-state index in [1.165, 1.54) is 4.91 Å². The fourth-order valence-corrected chi connectivity index (χ4v) is 5.71. The average Bonchev–Trinajstić information content (AvgIpc) is 2.86. The van der Waals surface area contributed by atoms with Gasteiger partial charge in [0.05, 0.1) is 12.0 Å². The van der Waals surface area contributed by atoms with Crippen LogP contribution in [0.15, 0.2) is 108 Å². The Labute approximate surface area is 227 Å². The molecule has 3 aromatic carbocycles. The van der Waals surface area contributed by atoms with Crippen molar-refractivity contribution in [3.63, 3.8) is 0 Å². The predicted octanol–water partition coefficient (Wildman–Crippen LogP) is 9.15. The number of anilines is 4. The summed E-state index contributed by atoms with van der Waals surface area (Å²) in [5.41, 5.74) is 5.42. The second-order valence-electron chi connectivity index (χ2n) is 11.8. The first-order valence-corrected chi connectivity index (χ1v) is 14.0. The maximum atomic E-state index is 11.2. The van der Waals surface area contributed by atoms with Crippen LogP contribution in [0.2, 0.25) is 0 Å². The van der Waals surface area contributed by atoms with Crippen LogP contribution in [0.25, 0.3) is 0 Å². The monoisotopic (exact) mass is 512 g/mol. The number of para-hydroxylation sites is 2. The molecule has 37 heavy (non-hydrogen) atoms. The molecule has 194 valence electrons. The Morgan fingerprint density at radius 2 is 1.30 bits per heavy atom. The third-order valence-electron chi connectivity index (χ3n) is 6.84. The zero-order valence-corrected chi connectivity index (χ0v) is 23.7. The molecule has 1 aliphatic rings. The smallest absolute Gasteiger partial charge is 0.0826 e. The summed E-state index contributed by atoms with van der Waals surface area (Å²) in [6, 6.07) is 29.4. The van der Waals surface area contributed by atoms with Crippen molar-refractivity contribution in [2.75, 3.05) is 16.1 Å². The van der Waals surface area contributed by atoms with E-state index < -0.39 is 6.10 Å². The molecule has 0 amide bonds. The highest BCUT2D eigenvalue weighted by Crippen LogP contribution is 2.44. The summed E-state index contributed by atoms with van der Waals surface area (Å²) in [5.74, 6) is 0.838. The van der Waals surface area contributed by atoms with Crippen LogP contribution in [-0.4, -0.2) is 17.1 Å². The number of nitrogens with one attached hydrogen (secondary N) is 1. The van der Waals surface area contributed by atoms with Gasteiger partial charge in [0.1, 0.15) is 0 Å². The maximum absolute atomic E-state index is 11.2. The number of thioether (sulfide) groups is 1. The number of aliphatic hydroxyl groups is 1. The Balaban J connectivity index is 1.59. The van der Waals surface area contributed by atoms with Crippen LogP contribution in [-0.2, 0) is 0 Å². The highest BCUT2D eigenvalue weighted by atomic mass is 32.2. The van der Waals surface area contributed by atoms with Crippen molar-refractivity contribution >= 4 is 34.5 Å². The molecule has 4 heteroatoms. The molecule has 2 unspecified atom stereocenters. The molecular weight excluding hydrogens is 472 g/mol. The first kappa shape index (κ1) is 27.1. The van der Waals surface area contributed by atoms with Gasteiger partial charge in [-0.25, -0.2) is 0 Å². The van der Waals surface area contributed by atoms with E-state index in [0.717, 1.165) is 34.2 Å². The standard InChI is InChI=1S/C33H40N2OS/c1-32(2,3)29-21-28(22-30(31(29)36)33(4,5)6)37-23-35(26-15-11-8-12-16-26)27-19-17-25(18-20-27)34-24-13-9-7-10-14-24/h7-22,29,31,34,36H,23H2,1-6H3. The molecule has 0 spiro atoms. The average molecular weight is 513 g/mol. The van der Waals surface area contributed by atoms with Gasteiger partial charge < -0.3 is 15.3 Å². The molecule has 0 saturated carbocycles. The first-order valence-electron chi connectivity index (χ1n) is 13.0. The van der Waals surface area contributed by atoms with Crippen molar-refractivity contribution in [2.45, 2.75) is 47.6 Å². The number of allylic oxidation sites excluding steroid dienone is 1. The Bertz CT molecular complexity index is 1220. The largest absolute Gasteiger partial charge is 0.388 e. The molecule has 3 aromatic rings. The molecule has 1 aliphatic carbocycles. The van der Waals surface area contributed by atoms with Crippen molar-refractivity contribution in [1.82, 2.24) is 0 Å². The van der Waals surface area contributed by atoms with E-state index in [4.69, 9.17) is 0 Å². The minimum absolute atomic E-state index is 0.0311. The molecule has 0 bridgehead atoms. The molecule has 0 aliphatic heterocycles. The van der Waals surface area contributed by atoms with Crippen molar-refractivity contribution in [3.05, 3.63) is 108 Å². The van der Waals surface area contributed by atoms with Crippen LogP contribution in [0.4, 0.5) is 22.7 Å². The third-order valence-corrected chi connectivity index (χ3v) is 7.81. The number of hydrogen-bond donors (Lipinski definition) is 2. The van der Waals surface area contributed by atoms with Gasteiger partial charge in [-0.15, -0.1) is 11.8 Å². The van der Waals surface area contributed by atoms with Gasteiger partial charge >= 0.3 is 0 Å². The molecule has 3 nitrogen and oxygen atoms in total. The lowest BCUT2D eigenvalue weighted by atomic mass is 9.68. The minimum Gasteiger partial charge on any atom is -0.388 e. The summed E-state index contributed by atoms with van der Waals surface area (Å²) in [7, 11) is 0. The number of nitrogens with zero attached hydrogens (tertiary/aromatic N) is 1. The van der Waals surface area contributed by atoms with Crippen molar-refractivity contribution in [2.24, 2.45) is 16.7 Å². The quantitative estimate of drug-likeness (QED) is 0.309. The topological polar surface area (TPSA) is 35.5 Å². The van der Waals surface area contributed by atoms with Gasteiger partial charge in [-0.05, 0) is 71.0 Å². The van der Waals surface area contributed by atoms with E-state index >= 15 is 0 Å². The van der Waals surface area contributed by atoms with Gasteiger partial charge in [-0.2, -0.15) is 0 Å². The molecule has 0 heterocycles. The number of hydrogen-bond acceptors (Lipinski definition) is 4. The van der Waals surface area contributed by atoms with Gasteiger partial charge in [-0.3, -0.25) is 0 Å². The Morgan fingerprint density at radius 3 is 1.86 bits per heavy atom. The SMILES string of the molecule is CC(C)(C)C1=CC(SCN(c2ccccc2)c2ccc(Nc3ccccc3)cc2)=CC(C(C)(C)C)C1O. The summed E-state index contributed by atoms with van der Waals surface area (Å²) in [6.07, 6.45) is 4.04. The Morgan fingerprint density at radius 1 is 0.757 bits per heavy atom. The van der Waals surface area contributed by atoms with Gasteiger partial charge in [0, 0.05) is 33.6 Å². The van der Waals surface area contributed by atoms with Gasteiger partial charge in [0.15, 0.2) is 0 Å². The molecule has 2 N–H and O–H groups in total. The summed E-state index contributed by atoms with van der Waals surface area (Å²) in [6.45, 7) is 13.2. The van der Waals surface area contributed by atoms with Crippen molar-refractivity contribution in [1.29, 1.82) is 0 Å². The number of benzene rings is 3. The predicted molar refractivity (Wildman–Crippen MR) is 162 cm³/mol. The highest BCUT2D eigenvalue weighted by Gasteiger charge is 2.38. The summed E-state index contributed by atoms with van der Waals surface area (Å²) in [5, 5.41) is 14.7. The normalized spacial score (nSPS) is 18.1. The zero-order chi connectivity index (χ0) is 26.6. The zero-order valence-electron chi connectivity index (χ0n) is 22.9. The molecule has 0 saturated heterocycles. The molecule has 0 radical (unpaired) electrons. The van der Waals surface area contributed by atoms with Crippen molar-refractivity contribution in [3.8, 4) is 0 Å². The van der Waals surface area contributed by atoms with Gasteiger partial charge in [-0.1, -0.05) is 84.0 Å². The molecular formula is C33H40N2OS. The van der Waals surface area contributed by atoms with Crippen LogP contribution in [0.3, 0.4) is 0 Å². The van der Waals surface area contributed by atoms with E-state index in [2.05, 4.69) is 131 Å². The molecule has 4 rings (SSSR count). The third kappa shape index (κ3) is 6.88. The Kier molecular flexibility index (Phi) is 8.20. The van der Waals surface area contributed by atoms with E-state index in [0.29, 0.717) is 0 Å². The lowest BCUT2D eigenvalue weighted by molar-refractivity contribution is 0.0824. The van der Waals surface area contributed by atoms with E-state index in [1.54, 1.807) is 0 Å². The van der Waals surface area contributed by atoms with E-state index in [9.17, 15) is 5.11 Å². The van der Waals surface area contributed by atoms with Crippen LogP contribution < -0.4 is 10.2 Å². The Hall–Kier alpha value is -2.95. The highest BCUT2D eigenvalue weighted by molar-refractivity contribution is 8.03. The van der Waals surface area contributed by atoms with Crippen LogP contribution in [0.5, 0.6) is 0 Å². The van der Waals surface area contributed by atoms with Crippen LogP contribution >= 0.6 is 11.8 Å². The fourth-order valence-electron chi connectivity index (χ4n) is 4.68. The first-order chi connectivity index (χ1) is 17.5. The maximum Gasteiger partial charge on any atom is 0.0826 e. The van der Waals surface area contributed by atoms with Crippen LogP contribution in [0, 0.1) is 16.7 Å². The lowest BCUT2D eigenvalue weighted by Gasteiger charge is -2.40. The van der Waals surface area contributed by atoms with E-state index in [1.807, 2.05) is 30.0 Å². The van der Waals surface area contributed by atoms with Crippen molar-refractivity contribution < 1.29 is 5.11 Å². The summed E-state index contributed by atoms with van der Waals surface area (Å²) in [4.78, 5) is 3.57. The van der Waals surface area contributed by atoms with Crippen LogP contribution in [0.1, 0.15) is 41.5 Å². The lowest BCUT2D eigenvalue weighted by Crippen LogP contribution is -2.37. The minimum atomic E-state index is -0.459. The van der Waals surface area contributed by atoms with Gasteiger partial charge in [0.25, 0.3) is 0 Å². The number of rotatable bonds is 7. The summed E-state index contributed by atoms with van der Waals surface area (Å²) < 4.78 is 0. The fraction of sp³-hybridized carbons (Fsp3) is 0.333. The van der Waals surface area contributed by atoms with E-state index in [-0.39, 0.29) is 16.7 Å². The molecule has 0 aromatic heterocycles. The second kappa shape index (κ2) is 11.2. The molecule has 2 atom stereocenters. The number of aliphatic hydroxyl groups excluding tert-OH is 1. The van der Waals surface area contributed by atoms with Gasteiger partial charge in [0.2, 0.25) is 0 Å². The second-order valence-corrected chi connectivity index (χ2v) is 12.8.